The normalized spacial score (nSPS) is 15.2. The Morgan fingerprint density at radius 3 is 2.52 bits per heavy atom. The summed E-state index contributed by atoms with van der Waals surface area (Å²) in [4.78, 5) is 12.0. The van der Waals surface area contributed by atoms with Gasteiger partial charge in [0.05, 0.1) is 5.52 Å². The van der Waals surface area contributed by atoms with Crippen LogP contribution >= 0.6 is 0 Å². The molecule has 0 bridgehead atoms. The Bertz CT molecular complexity index is 1140. The summed E-state index contributed by atoms with van der Waals surface area (Å²) >= 11 is 0. The van der Waals surface area contributed by atoms with Crippen molar-refractivity contribution in [2.24, 2.45) is 0 Å². The van der Waals surface area contributed by atoms with Crippen LogP contribution in [0.15, 0.2) is 48.5 Å². The van der Waals surface area contributed by atoms with Gasteiger partial charge in [0.25, 0.3) is 0 Å². The average Bonchev–Trinajstić information content (AvgIpc) is 3.15. The van der Waals surface area contributed by atoms with Gasteiger partial charge in [-0.25, -0.2) is 9.97 Å². The van der Waals surface area contributed by atoms with E-state index in [2.05, 4.69) is 44.6 Å². The van der Waals surface area contributed by atoms with Gasteiger partial charge in [0.1, 0.15) is 5.82 Å². The fraction of sp³-hybridized carbons (Fsp3) is 0.348. The SMILES string of the molecule is Cc1nc2c3ccccc3nc(NCc3ccccc3CN3CCCCC3)n2n1. The maximum absolute atomic E-state index is 4.82. The summed E-state index contributed by atoms with van der Waals surface area (Å²) in [6.45, 7) is 6.05. The van der Waals surface area contributed by atoms with Crippen LogP contribution in [0.4, 0.5) is 5.95 Å². The lowest BCUT2D eigenvalue weighted by Gasteiger charge is -2.27. The largest absolute Gasteiger partial charge is 0.350 e. The van der Waals surface area contributed by atoms with Gasteiger partial charge in [-0.05, 0) is 56.1 Å². The molecular formula is C23H26N6. The molecule has 0 aliphatic carbocycles. The summed E-state index contributed by atoms with van der Waals surface area (Å²) in [7, 11) is 0. The minimum absolute atomic E-state index is 0.712. The number of aromatic nitrogens is 4. The molecule has 6 heteroatoms. The van der Waals surface area contributed by atoms with Crippen LogP contribution in [0.1, 0.15) is 36.2 Å². The zero-order chi connectivity index (χ0) is 19.6. The summed E-state index contributed by atoms with van der Waals surface area (Å²) in [5.41, 5.74) is 4.46. The van der Waals surface area contributed by atoms with E-state index in [1.807, 2.05) is 35.7 Å². The van der Waals surface area contributed by atoms with Gasteiger partial charge in [-0.2, -0.15) is 4.52 Å². The van der Waals surface area contributed by atoms with Crippen molar-refractivity contribution < 1.29 is 0 Å². The number of para-hydroxylation sites is 1. The van der Waals surface area contributed by atoms with E-state index < -0.39 is 0 Å². The number of aryl methyl sites for hydroxylation is 1. The highest BCUT2D eigenvalue weighted by Gasteiger charge is 2.14. The maximum atomic E-state index is 4.82. The number of piperidine rings is 1. The van der Waals surface area contributed by atoms with Gasteiger partial charge in [0, 0.05) is 18.5 Å². The molecule has 148 valence electrons. The van der Waals surface area contributed by atoms with E-state index in [-0.39, 0.29) is 0 Å². The second-order valence-corrected chi connectivity index (χ2v) is 7.81. The molecule has 3 heterocycles. The lowest BCUT2D eigenvalue weighted by molar-refractivity contribution is 0.220. The number of hydrogen-bond acceptors (Lipinski definition) is 5. The molecule has 1 fully saturated rings. The van der Waals surface area contributed by atoms with Crippen LogP contribution in [-0.2, 0) is 13.1 Å². The number of fused-ring (bicyclic) bond motifs is 3. The summed E-state index contributed by atoms with van der Waals surface area (Å²) in [5.74, 6) is 1.48. The van der Waals surface area contributed by atoms with Crippen molar-refractivity contribution in [3.8, 4) is 0 Å². The van der Waals surface area contributed by atoms with Gasteiger partial charge in [-0.3, -0.25) is 4.90 Å². The molecule has 1 N–H and O–H groups in total. The number of anilines is 1. The minimum atomic E-state index is 0.712. The van der Waals surface area contributed by atoms with Crippen LogP contribution < -0.4 is 5.32 Å². The lowest BCUT2D eigenvalue weighted by atomic mass is 10.0. The number of hydrogen-bond donors (Lipinski definition) is 1. The smallest absolute Gasteiger partial charge is 0.226 e. The molecule has 6 nitrogen and oxygen atoms in total. The molecule has 0 atom stereocenters. The molecule has 2 aromatic carbocycles. The van der Waals surface area contributed by atoms with E-state index in [1.54, 1.807) is 0 Å². The predicted molar refractivity (Wildman–Crippen MR) is 116 cm³/mol. The van der Waals surface area contributed by atoms with E-state index in [0.717, 1.165) is 34.9 Å². The number of benzene rings is 2. The molecule has 4 aromatic rings. The number of nitrogens with one attached hydrogen (secondary N) is 1. The first-order chi connectivity index (χ1) is 14.3. The van der Waals surface area contributed by atoms with Gasteiger partial charge in [0.2, 0.25) is 5.95 Å². The molecule has 5 rings (SSSR count). The highest BCUT2D eigenvalue weighted by Crippen LogP contribution is 2.22. The molecule has 1 aliphatic rings. The Hall–Kier alpha value is -2.99. The molecule has 0 amide bonds. The summed E-state index contributed by atoms with van der Waals surface area (Å²) in [6.07, 6.45) is 3.98. The van der Waals surface area contributed by atoms with E-state index >= 15 is 0 Å². The standard InChI is InChI=1S/C23H26N6/c1-17-25-22-20-11-5-6-12-21(20)26-23(29(22)27-17)24-15-18-9-3-4-10-19(18)16-28-13-7-2-8-14-28/h3-6,9-12H,2,7-8,13-16H2,1H3,(H,24,26). The third-order valence-electron chi connectivity index (χ3n) is 5.68. The Morgan fingerprint density at radius 1 is 0.897 bits per heavy atom. The van der Waals surface area contributed by atoms with E-state index in [4.69, 9.17) is 4.98 Å². The molecule has 2 aromatic heterocycles. The number of likely N-dealkylation sites (tertiary alicyclic amines) is 1. The number of rotatable bonds is 5. The van der Waals surface area contributed by atoms with Gasteiger partial charge >= 0.3 is 0 Å². The van der Waals surface area contributed by atoms with Crippen molar-refractivity contribution in [1.29, 1.82) is 0 Å². The molecule has 29 heavy (non-hydrogen) atoms. The van der Waals surface area contributed by atoms with Crippen molar-refractivity contribution >= 4 is 22.5 Å². The van der Waals surface area contributed by atoms with Crippen LogP contribution in [0, 0.1) is 6.92 Å². The van der Waals surface area contributed by atoms with Gasteiger partial charge in [-0.15, -0.1) is 5.10 Å². The Kier molecular flexibility index (Phi) is 4.86. The Balaban J connectivity index is 1.43. The highest BCUT2D eigenvalue weighted by molar-refractivity contribution is 5.92. The summed E-state index contributed by atoms with van der Waals surface area (Å²) in [5, 5.41) is 9.10. The minimum Gasteiger partial charge on any atom is -0.350 e. The van der Waals surface area contributed by atoms with Crippen molar-refractivity contribution in [3.05, 3.63) is 65.5 Å². The van der Waals surface area contributed by atoms with Crippen molar-refractivity contribution in [2.75, 3.05) is 18.4 Å². The van der Waals surface area contributed by atoms with Gasteiger partial charge in [-0.1, -0.05) is 42.8 Å². The molecule has 0 spiro atoms. The van der Waals surface area contributed by atoms with E-state index in [0.29, 0.717) is 6.54 Å². The Morgan fingerprint density at radius 2 is 1.66 bits per heavy atom. The van der Waals surface area contributed by atoms with Gasteiger partial charge in [0.15, 0.2) is 5.65 Å². The molecule has 1 aliphatic heterocycles. The lowest BCUT2D eigenvalue weighted by Crippen LogP contribution is -2.29. The first-order valence-electron chi connectivity index (χ1n) is 10.4. The molecule has 0 unspecified atom stereocenters. The van der Waals surface area contributed by atoms with Crippen molar-refractivity contribution in [3.63, 3.8) is 0 Å². The summed E-state index contributed by atoms with van der Waals surface area (Å²) in [6, 6.07) is 16.8. The molecule has 1 saturated heterocycles. The average molecular weight is 387 g/mol. The quantitative estimate of drug-likeness (QED) is 0.557. The van der Waals surface area contributed by atoms with Crippen LogP contribution in [0.2, 0.25) is 0 Å². The highest BCUT2D eigenvalue weighted by atomic mass is 15.4. The predicted octanol–water partition coefficient (Wildman–Crippen LogP) is 4.18. The molecule has 0 radical (unpaired) electrons. The van der Waals surface area contributed by atoms with E-state index in [9.17, 15) is 0 Å². The number of nitrogens with zero attached hydrogens (tertiary/aromatic N) is 5. The van der Waals surface area contributed by atoms with Crippen LogP contribution in [-0.4, -0.2) is 37.6 Å². The monoisotopic (exact) mass is 386 g/mol. The molecular weight excluding hydrogens is 360 g/mol. The Labute approximate surface area is 170 Å². The third kappa shape index (κ3) is 3.68. The van der Waals surface area contributed by atoms with E-state index in [1.165, 1.54) is 43.5 Å². The third-order valence-corrected chi connectivity index (χ3v) is 5.68. The first-order valence-corrected chi connectivity index (χ1v) is 10.4. The van der Waals surface area contributed by atoms with Crippen LogP contribution in [0.3, 0.4) is 0 Å². The second-order valence-electron chi connectivity index (χ2n) is 7.81. The topological polar surface area (TPSA) is 58.4 Å². The van der Waals surface area contributed by atoms with Crippen molar-refractivity contribution in [2.45, 2.75) is 39.3 Å². The zero-order valence-corrected chi connectivity index (χ0v) is 16.8. The van der Waals surface area contributed by atoms with Crippen LogP contribution in [0.25, 0.3) is 16.6 Å². The molecule has 0 saturated carbocycles. The fourth-order valence-electron chi connectivity index (χ4n) is 4.19. The second kappa shape index (κ2) is 7.79. The first kappa shape index (κ1) is 18.1. The zero-order valence-electron chi connectivity index (χ0n) is 16.8. The maximum Gasteiger partial charge on any atom is 0.226 e. The van der Waals surface area contributed by atoms with Crippen LogP contribution in [0.5, 0.6) is 0 Å². The van der Waals surface area contributed by atoms with Crippen molar-refractivity contribution in [1.82, 2.24) is 24.5 Å². The summed E-state index contributed by atoms with van der Waals surface area (Å²) < 4.78 is 1.82. The fourth-order valence-corrected chi connectivity index (χ4v) is 4.19. The van der Waals surface area contributed by atoms with Gasteiger partial charge < -0.3 is 5.32 Å².